The topological polar surface area (TPSA) is 52.6 Å². The number of phenolic OH excluding ortho intramolecular Hbond substituents is 1. The number of nitrogens with zero attached hydrogens (tertiary/aromatic N) is 1. The van der Waals surface area contributed by atoms with Crippen molar-refractivity contribution >= 4 is 5.78 Å². The van der Waals surface area contributed by atoms with Gasteiger partial charge in [-0.05, 0) is 102 Å². The fourth-order valence-electron chi connectivity index (χ4n) is 4.68. The summed E-state index contributed by atoms with van der Waals surface area (Å²) < 4.78 is 14.3. The lowest BCUT2D eigenvalue weighted by molar-refractivity contribution is 0.0775. The molecule has 0 aliphatic carbocycles. The van der Waals surface area contributed by atoms with Gasteiger partial charge in [-0.15, -0.1) is 0 Å². The van der Waals surface area contributed by atoms with E-state index in [-0.39, 0.29) is 34.7 Å². The third kappa shape index (κ3) is 6.39. The normalized spacial score (nSPS) is 19.8. The molecule has 1 aliphatic rings. The van der Waals surface area contributed by atoms with E-state index < -0.39 is 0 Å². The Bertz CT molecular complexity index is 922. The predicted molar refractivity (Wildman–Crippen MR) is 128 cm³/mol. The Morgan fingerprint density at radius 3 is 2.66 bits per heavy atom. The van der Waals surface area contributed by atoms with Gasteiger partial charge in [-0.1, -0.05) is 24.3 Å². The quantitative estimate of drug-likeness (QED) is 0.432. The van der Waals surface area contributed by atoms with E-state index in [4.69, 9.17) is 0 Å². The summed E-state index contributed by atoms with van der Waals surface area (Å²) in [5.41, 5.74) is 2.20. The summed E-state index contributed by atoms with van der Waals surface area (Å²) in [6.45, 7) is 11.8. The Balaban J connectivity index is 1.74. The van der Waals surface area contributed by atoms with Gasteiger partial charge in [-0.2, -0.15) is 0 Å². The number of nitrogens with one attached hydrogen (secondary N) is 1. The van der Waals surface area contributed by atoms with Crippen molar-refractivity contribution in [2.75, 3.05) is 26.2 Å². The lowest BCUT2D eigenvalue weighted by Crippen LogP contribution is -2.43. The van der Waals surface area contributed by atoms with E-state index in [1.807, 2.05) is 6.07 Å². The van der Waals surface area contributed by atoms with Gasteiger partial charge < -0.3 is 15.3 Å². The number of aromatic hydroxyl groups is 1. The third-order valence-corrected chi connectivity index (χ3v) is 6.43. The van der Waals surface area contributed by atoms with E-state index in [9.17, 15) is 14.3 Å². The Morgan fingerprint density at radius 1 is 1.19 bits per heavy atom. The first-order valence-electron chi connectivity index (χ1n) is 11.7. The van der Waals surface area contributed by atoms with Crippen LogP contribution >= 0.6 is 0 Å². The molecule has 0 radical (unpaired) electrons. The standard InChI is InChI=1S/C27H37FN2O2/c1-19-22(11-8-12-25(19)28)23-13-16-30(15-6-5-14-29-27(2,3)4)18-24(23)26(32)20-9-7-10-21(31)17-20/h7-12,17,23-24,29,31H,5-6,13-16,18H2,1-4H3. The van der Waals surface area contributed by atoms with Crippen molar-refractivity contribution in [1.82, 2.24) is 10.2 Å². The molecule has 1 fully saturated rings. The molecular formula is C27H37FN2O2. The molecule has 2 atom stereocenters. The number of benzene rings is 2. The minimum atomic E-state index is -0.265. The molecule has 1 heterocycles. The van der Waals surface area contributed by atoms with Crippen LogP contribution in [0.15, 0.2) is 42.5 Å². The molecule has 32 heavy (non-hydrogen) atoms. The lowest BCUT2D eigenvalue weighted by Gasteiger charge is -2.39. The van der Waals surface area contributed by atoms with E-state index in [1.54, 1.807) is 31.2 Å². The van der Waals surface area contributed by atoms with Gasteiger partial charge in [0.25, 0.3) is 0 Å². The van der Waals surface area contributed by atoms with E-state index in [0.29, 0.717) is 17.7 Å². The number of carbonyl (C=O) groups excluding carboxylic acids is 1. The zero-order valence-electron chi connectivity index (χ0n) is 19.8. The first-order valence-corrected chi connectivity index (χ1v) is 11.7. The molecule has 174 valence electrons. The Hall–Kier alpha value is -2.24. The first kappa shape index (κ1) is 24.4. The summed E-state index contributed by atoms with van der Waals surface area (Å²) in [6.07, 6.45) is 2.98. The van der Waals surface area contributed by atoms with Crippen LogP contribution in [0.1, 0.15) is 67.4 Å². The number of halogens is 1. The first-order chi connectivity index (χ1) is 15.2. The van der Waals surface area contributed by atoms with Gasteiger partial charge in [-0.25, -0.2) is 4.39 Å². The second-order valence-corrected chi connectivity index (χ2v) is 10.1. The second-order valence-electron chi connectivity index (χ2n) is 10.1. The van der Waals surface area contributed by atoms with Gasteiger partial charge in [0.15, 0.2) is 5.78 Å². The fraction of sp³-hybridized carbons (Fsp3) is 0.519. The molecule has 0 saturated carbocycles. The zero-order chi connectivity index (χ0) is 23.3. The molecule has 0 aromatic heterocycles. The van der Waals surface area contributed by atoms with Gasteiger partial charge in [0.2, 0.25) is 0 Å². The molecule has 2 unspecified atom stereocenters. The number of piperidine rings is 1. The predicted octanol–water partition coefficient (Wildman–Crippen LogP) is 5.30. The average molecular weight is 441 g/mol. The van der Waals surface area contributed by atoms with Crippen LogP contribution in [0, 0.1) is 18.7 Å². The number of ketones is 1. The van der Waals surface area contributed by atoms with Gasteiger partial charge in [0, 0.05) is 23.6 Å². The van der Waals surface area contributed by atoms with Crippen LogP contribution in [0.25, 0.3) is 0 Å². The number of carbonyl (C=O) groups is 1. The van der Waals surface area contributed by atoms with Crippen LogP contribution in [-0.2, 0) is 0 Å². The molecule has 2 aromatic carbocycles. The largest absolute Gasteiger partial charge is 0.508 e. The number of unbranched alkanes of at least 4 members (excludes halogenated alkanes) is 1. The van der Waals surface area contributed by atoms with Crippen molar-refractivity contribution in [2.45, 2.75) is 58.4 Å². The molecule has 2 aromatic rings. The van der Waals surface area contributed by atoms with E-state index >= 15 is 0 Å². The highest BCUT2D eigenvalue weighted by Gasteiger charge is 2.36. The van der Waals surface area contributed by atoms with Crippen LogP contribution in [0.3, 0.4) is 0 Å². The molecule has 0 bridgehead atoms. The molecule has 3 rings (SSSR count). The van der Waals surface area contributed by atoms with E-state index in [0.717, 1.165) is 44.5 Å². The molecule has 0 spiro atoms. The molecule has 0 amide bonds. The Kier molecular flexibility index (Phi) is 8.07. The number of Topliss-reactive ketones (excluding diaryl/α,β-unsaturated/α-hetero) is 1. The highest BCUT2D eigenvalue weighted by Crippen LogP contribution is 2.37. The van der Waals surface area contributed by atoms with Gasteiger partial charge in [-0.3, -0.25) is 4.79 Å². The van der Waals surface area contributed by atoms with Crippen LogP contribution in [-0.4, -0.2) is 47.5 Å². The highest BCUT2D eigenvalue weighted by atomic mass is 19.1. The molecule has 2 N–H and O–H groups in total. The number of hydrogen-bond donors (Lipinski definition) is 2. The summed E-state index contributed by atoms with van der Waals surface area (Å²) >= 11 is 0. The van der Waals surface area contributed by atoms with Gasteiger partial charge in [0.1, 0.15) is 11.6 Å². The van der Waals surface area contributed by atoms with E-state index in [1.165, 1.54) is 12.1 Å². The van der Waals surface area contributed by atoms with Crippen molar-refractivity contribution in [1.29, 1.82) is 0 Å². The van der Waals surface area contributed by atoms with Crippen molar-refractivity contribution in [3.05, 3.63) is 65.0 Å². The summed E-state index contributed by atoms with van der Waals surface area (Å²) in [4.78, 5) is 15.9. The van der Waals surface area contributed by atoms with Crippen molar-refractivity contribution in [3.63, 3.8) is 0 Å². The molecule has 1 saturated heterocycles. The smallest absolute Gasteiger partial charge is 0.167 e. The highest BCUT2D eigenvalue weighted by molar-refractivity contribution is 5.99. The van der Waals surface area contributed by atoms with Crippen molar-refractivity contribution in [2.24, 2.45) is 5.92 Å². The fourth-order valence-corrected chi connectivity index (χ4v) is 4.68. The SMILES string of the molecule is Cc1c(F)cccc1C1CCN(CCCCNC(C)(C)C)CC1C(=O)c1cccc(O)c1. The lowest BCUT2D eigenvalue weighted by atomic mass is 9.75. The molecule has 5 heteroatoms. The monoisotopic (exact) mass is 440 g/mol. The van der Waals surface area contributed by atoms with Gasteiger partial charge >= 0.3 is 0 Å². The van der Waals surface area contributed by atoms with Crippen molar-refractivity contribution < 1.29 is 14.3 Å². The summed E-state index contributed by atoms with van der Waals surface area (Å²) in [5.74, 6) is -0.403. The van der Waals surface area contributed by atoms with Crippen LogP contribution in [0.4, 0.5) is 4.39 Å². The minimum absolute atomic E-state index is 0.0219. The molecular weight excluding hydrogens is 403 g/mol. The van der Waals surface area contributed by atoms with Crippen LogP contribution in [0.2, 0.25) is 0 Å². The summed E-state index contributed by atoms with van der Waals surface area (Å²) in [6, 6.07) is 11.7. The maximum absolute atomic E-state index is 14.3. The van der Waals surface area contributed by atoms with E-state index in [2.05, 4.69) is 31.0 Å². The number of likely N-dealkylation sites (tertiary alicyclic amines) is 1. The molecule has 4 nitrogen and oxygen atoms in total. The summed E-state index contributed by atoms with van der Waals surface area (Å²) in [5, 5.41) is 13.4. The summed E-state index contributed by atoms with van der Waals surface area (Å²) in [7, 11) is 0. The van der Waals surface area contributed by atoms with Crippen molar-refractivity contribution in [3.8, 4) is 5.75 Å². The average Bonchev–Trinajstić information content (AvgIpc) is 2.74. The van der Waals surface area contributed by atoms with Crippen LogP contribution in [0.5, 0.6) is 5.75 Å². The number of rotatable bonds is 8. The molecule has 1 aliphatic heterocycles. The maximum atomic E-state index is 14.3. The number of phenols is 1. The van der Waals surface area contributed by atoms with Gasteiger partial charge in [0.05, 0.1) is 0 Å². The Morgan fingerprint density at radius 2 is 1.94 bits per heavy atom. The minimum Gasteiger partial charge on any atom is -0.508 e. The second kappa shape index (κ2) is 10.6. The maximum Gasteiger partial charge on any atom is 0.167 e. The third-order valence-electron chi connectivity index (χ3n) is 6.43. The Labute approximate surface area is 191 Å². The zero-order valence-corrected chi connectivity index (χ0v) is 19.8. The van der Waals surface area contributed by atoms with Crippen LogP contribution < -0.4 is 5.32 Å². The number of hydrogen-bond acceptors (Lipinski definition) is 4.